The van der Waals surface area contributed by atoms with Crippen LogP contribution in [0, 0.1) is 0 Å². The SMILES string of the molecule is C=C(C)C(=O)NC[Si](C)(C)O[Si]O[Si](C)(C)C(=C)[Si]O[Si](C)(C)C(=C)[Si]O[Si](C)(C)C. The lowest BCUT2D eigenvalue weighted by molar-refractivity contribution is -0.117. The molecule has 6 nitrogen and oxygen atoms in total. The Morgan fingerprint density at radius 3 is 1.68 bits per heavy atom. The van der Waals surface area contributed by atoms with Gasteiger partial charge in [0.15, 0.2) is 25.0 Å². The van der Waals surface area contributed by atoms with E-state index in [1.54, 1.807) is 6.92 Å². The lowest BCUT2D eigenvalue weighted by Gasteiger charge is -2.31. The molecule has 0 bridgehead atoms. The van der Waals surface area contributed by atoms with Crippen LogP contribution in [0.15, 0.2) is 34.9 Å². The van der Waals surface area contributed by atoms with Crippen LogP contribution in [0.5, 0.6) is 0 Å². The second kappa shape index (κ2) is 12.5. The standard InChI is InChI=1S/C18H39NO5Si7/c1-15(2)18(20)19-14-29(8,9)23-27-24-31(12,13)17(4)26-22-30(10,11)16(3)25-21-28(5,6)7/h1,3-4,14H2,2,5-13H3,(H,19,20). The minimum atomic E-state index is -2.18. The third kappa shape index (κ3) is 13.4. The van der Waals surface area contributed by atoms with Gasteiger partial charge in [-0.1, -0.05) is 6.58 Å². The zero-order valence-electron chi connectivity index (χ0n) is 20.9. The van der Waals surface area contributed by atoms with Crippen molar-refractivity contribution in [3.63, 3.8) is 0 Å². The summed E-state index contributed by atoms with van der Waals surface area (Å²) >= 11 is 0. The van der Waals surface area contributed by atoms with Crippen LogP contribution in [-0.2, 0) is 21.3 Å². The first-order valence-corrected chi connectivity index (χ1v) is 25.1. The maximum Gasteiger partial charge on any atom is 0.410 e. The summed E-state index contributed by atoms with van der Waals surface area (Å²) in [4.78, 5) is 13.8. The van der Waals surface area contributed by atoms with E-state index in [1.165, 1.54) is 0 Å². The van der Waals surface area contributed by atoms with E-state index in [2.05, 4.69) is 84.0 Å². The summed E-state index contributed by atoms with van der Waals surface area (Å²) in [5, 5.41) is 2.87. The van der Waals surface area contributed by atoms with Gasteiger partial charge < -0.3 is 21.8 Å². The Morgan fingerprint density at radius 2 is 1.23 bits per heavy atom. The molecule has 13 heteroatoms. The summed E-state index contributed by atoms with van der Waals surface area (Å²) in [6, 6.07) is 0. The fourth-order valence-electron chi connectivity index (χ4n) is 1.49. The van der Waals surface area contributed by atoms with Gasteiger partial charge in [0.2, 0.25) is 33.8 Å². The van der Waals surface area contributed by atoms with E-state index in [9.17, 15) is 4.79 Å². The van der Waals surface area contributed by atoms with Crippen LogP contribution in [0.25, 0.3) is 0 Å². The van der Waals surface area contributed by atoms with Crippen molar-refractivity contribution in [3.05, 3.63) is 34.9 Å². The molecule has 0 aliphatic carbocycles. The molecule has 0 aliphatic rings. The van der Waals surface area contributed by atoms with Crippen LogP contribution < -0.4 is 5.32 Å². The van der Waals surface area contributed by atoms with Crippen LogP contribution in [0.4, 0.5) is 0 Å². The Hall–Kier alpha value is 0.0482. The molecule has 0 aliphatic heterocycles. The maximum atomic E-state index is 11.7. The van der Waals surface area contributed by atoms with Crippen LogP contribution in [0.3, 0.4) is 0 Å². The van der Waals surface area contributed by atoms with Crippen LogP contribution in [-0.4, -0.2) is 74.9 Å². The predicted molar refractivity (Wildman–Crippen MR) is 143 cm³/mol. The number of hydrogen-bond donors (Lipinski definition) is 1. The molecule has 174 valence electrons. The van der Waals surface area contributed by atoms with Gasteiger partial charge in [0.1, 0.15) is 0 Å². The molecule has 0 rings (SSSR count). The van der Waals surface area contributed by atoms with Crippen LogP contribution in [0.1, 0.15) is 6.92 Å². The van der Waals surface area contributed by atoms with Crippen molar-refractivity contribution in [2.45, 2.75) is 65.8 Å². The molecular formula is C18H39NO5Si7. The molecule has 1 amide bonds. The molecule has 0 fully saturated rings. The number of amides is 1. The number of carbonyl (C=O) groups excluding carboxylic acids is 1. The highest BCUT2D eigenvalue weighted by molar-refractivity contribution is 6.96. The minimum Gasteiger partial charge on any atom is -0.453 e. The Kier molecular flexibility index (Phi) is 12.5. The Balaban J connectivity index is 4.58. The van der Waals surface area contributed by atoms with E-state index in [0.29, 0.717) is 21.5 Å². The molecule has 0 heterocycles. The molecule has 0 aromatic heterocycles. The lowest BCUT2D eigenvalue weighted by atomic mass is 10.3. The first-order chi connectivity index (χ1) is 13.8. The minimum absolute atomic E-state index is 0.0768. The second-order valence-corrected chi connectivity index (χ2v) is 31.4. The monoisotopic (exact) mass is 545 g/mol. The molecule has 0 atom stereocenters. The third-order valence-corrected chi connectivity index (χ3v) is 22.9. The van der Waals surface area contributed by atoms with E-state index >= 15 is 0 Å². The summed E-state index contributed by atoms with van der Waals surface area (Å²) in [5.41, 5.74) is 0.496. The first kappa shape index (κ1) is 31.0. The average Bonchev–Trinajstić information content (AvgIpc) is 2.60. The van der Waals surface area contributed by atoms with Gasteiger partial charge in [0.05, 0.1) is 0 Å². The molecule has 0 aromatic rings. The number of hydrogen-bond acceptors (Lipinski definition) is 5. The molecule has 0 saturated heterocycles. The Bertz CT molecular complexity index is 675. The van der Waals surface area contributed by atoms with Gasteiger partial charge >= 0.3 is 10.0 Å². The van der Waals surface area contributed by atoms with Gasteiger partial charge in [-0.15, -0.1) is 13.2 Å². The molecule has 6 radical (unpaired) electrons. The van der Waals surface area contributed by atoms with Gasteiger partial charge in [-0.05, 0) is 75.5 Å². The van der Waals surface area contributed by atoms with E-state index in [4.69, 9.17) is 16.5 Å². The third-order valence-electron chi connectivity index (χ3n) is 4.04. The molecule has 0 unspecified atom stereocenters. The Morgan fingerprint density at radius 1 is 0.774 bits per heavy atom. The van der Waals surface area contributed by atoms with E-state index in [0.717, 1.165) is 9.64 Å². The highest BCUT2D eigenvalue weighted by Crippen LogP contribution is 2.20. The summed E-state index contributed by atoms with van der Waals surface area (Å²) in [6.45, 7) is 33.0. The normalized spacial score (nSPS) is 13.1. The largest absolute Gasteiger partial charge is 0.453 e. The molecule has 0 aromatic carbocycles. The fraction of sp³-hybridized carbons (Fsp3) is 0.611. The molecular weight excluding hydrogens is 507 g/mol. The number of carbonyl (C=O) groups is 1. The van der Waals surface area contributed by atoms with E-state index in [1.807, 2.05) is 0 Å². The van der Waals surface area contributed by atoms with Crippen molar-refractivity contribution in [1.82, 2.24) is 5.32 Å². The van der Waals surface area contributed by atoms with Crippen molar-refractivity contribution >= 4 is 68.7 Å². The predicted octanol–water partition coefficient (Wildman–Crippen LogP) is 3.61. The van der Waals surface area contributed by atoms with Crippen LogP contribution >= 0.6 is 0 Å². The van der Waals surface area contributed by atoms with Crippen molar-refractivity contribution in [3.8, 4) is 0 Å². The van der Waals surface area contributed by atoms with Gasteiger partial charge in [0, 0.05) is 11.7 Å². The molecule has 31 heavy (non-hydrogen) atoms. The van der Waals surface area contributed by atoms with Gasteiger partial charge in [0.25, 0.3) is 0 Å². The quantitative estimate of drug-likeness (QED) is 0.251. The van der Waals surface area contributed by atoms with Crippen LogP contribution in [0.2, 0.25) is 58.9 Å². The van der Waals surface area contributed by atoms with E-state index < -0.39 is 33.3 Å². The smallest absolute Gasteiger partial charge is 0.410 e. The van der Waals surface area contributed by atoms with Gasteiger partial charge in [-0.3, -0.25) is 4.79 Å². The number of nitrogens with one attached hydrogen (secondary N) is 1. The topological polar surface area (TPSA) is 66.0 Å². The summed E-state index contributed by atoms with van der Waals surface area (Å²) in [6.07, 6.45) is 0.519. The van der Waals surface area contributed by atoms with Crippen molar-refractivity contribution in [2.24, 2.45) is 0 Å². The van der Waals surface area contributed by atoms with Crippen molar-refractivity contribution in [2.75, 3.05) is 6.17 Å². The highest BCUT2D eigenvalue weighted by atomic mass is 28.4. The summed E-state index contributed by atoms with van der Waals surface area (Å²) in [7, 11) is -7.49. The molecule has 1 N–H and O–H groups in total. The average molecular weight is 546 g/mol. The van der Waals surface area contributed by atoms with Crippen molar-refractivity contribution in [1.29, 1.82) is 0 Å². The first-order valence-electron chi connectivity index (χ1n) is 10.1. The Labute approximate surface area is 201 Å². The number of rotatable bonds is 15. The van der Waals surface area contributed by atoms with Crippen molar-refractivity contribution < 1.29 is 21.3 Å². The van der Waals surface area contributed by atoms with Gasteiger partial charge in [-0.2, -0.15) is 0 Å². The zero-order chi connectivity index (χ0) is 24.7. The zero-order valence-corrected chi connectivity index (χ0v) is 27.9. The summed E-state index contributed by atoms with van der Waals surface area (Å²) < 4.78 is 24.5. The molecule has 0 spiro atoms. The molecule has 0 saturated carbocycles. The maximum absolute atomic E-state index is 11.7. The van der Waals surface area contributed by atoms with E-state index in [-0.39, 0.29) is 25.7 Å². The summed E-state index contributed by atoms with van der Waals surface area (Å²) in [5.74, 6) is -0.140. The second-order valence-electron chi connectivity index (χ2n) is 10.0. The fourth-order valence-corrected chi connectivity index (χ4v) is 12.7. The highest BCUT2D eigenvalue weighted by Gasteiger charge is 2.34. The van der Waals surface area contributed by atoms with Gasteiger partial charge in [-0.25, -0.2) is 0 Å². The lowest BCUT2D eigenvalue weighted by Crippen LogP contribution is -2.48.